The molecule has 2 bridgehead atoms. The van der Waals surface area contributed by atoms with E-state index in [0.29, 0.717) is 54.1 Å². The van der Waals surface area contributed by atoms with Crippen LogP contribution < -0.4 is 15.8 Å². The number of imidazole rings is 1. The number of aromatic nitrogens is 6. The van der Waals surface area contributed by atoms with E-state index in [2.05, 4.69) is 25.9 Å². The summed E-state index contributed by atoms with van der Waals surface area (Å²) in [5.74, 6) is 0.941. The molecule has 5 aromatic rings. The number of benzene rings is 1. The molecule has 0 unspecified atom stereocenters. The summed E-state index contributed by atoms with van der Waals surface area (Å²) in [6, 6.07) is 9.12. The average Bonchev–Trinajstić information content (AvgIpc) is 3.63. The number of nitrogens with zero attached hydrogens (tertiary/aromatic N) is 7. The molecule has 2 aliphatic heterocycles. The minimum absolute atomic E-state index is 0.0634. The third-order valence-corrected chi connectivity index (χ3v) is 9.65. The van der Waals surface area contributed by atoms with Gasteiger partial charge < -0.3 is 34.6 Å². The van der Waals surface area contributed by atoms with Crippen LogP contribution in [0.1, 0.15) is 70.9 Å². The van der Waals surface area contributed by atoms with Crippen LogP contribution in [0.25, 0.3) is 33.6 Å². The molecule has 0 spiro atoms. The highest BCUT2D eigenvalue weighted by Gasteiger charge is 2.31. The Morgan fingerprint density at radius 3 is 2.67 bits per heavy atom. The molecule has 2 amide bonds. The number of fused-ring (bicyclic) bond motifs is 3. The number of hydrogen-bond acceptors (Lipinski definition) is 9. The summed E-state index contributed by atoms with van der Waals surface area (Å²) in [4.78, 5) is 47.6. The van der Waals surface area contributed by atoms with Crippen molar-refractivity contribution < 1.29 is 19.1 Å². The maximum Gasteiger partial charge on any atom is 0.272 e. The van der Waals surface area contributed by atoms with E-state index in [1.807, 2.05) is 36.7 Å². The minimum atomic E-state index is -0.350. The summed E-state index contributed by atoms with van der Waals surface area (Å²) in [7, 11) is 5.23. The van der Waals surface area contributed by atoms with E-state index in [4.69, 9.17) is 25.2 Å². The fourth-order valence-corrected chi connectivity index (χ4v) is 7.05. The molecule has 1 fully saturated rings. The van der Waals surface area contributed by atoms with Crippen molar-refractivity contribution in [1.29, 1.82) is 0 Å². The number of pyridine rings is 1. The molecule has 250 valence electrons. The summed E-state index contributed by atoms with van der Waals surface area (Å²) in [5, 5.41) is 4.04. The van der Waals surface area contributed by atoms with Crippen LogP contribution in [0.5, 0.6) is 5.75 Å². The number of carbonyl (C=O) groups is 2. The Labute approximate surface area is 278 Å². The summed E-state index contributed by atoms with van der Waals surface area (Å²) >= 11 is 0. The first-order valence-corrected chi connectivity index (χ1v) is 16.5. The summed E-state index contributed by atoms with van der Waals surface area (Å²) in [5.41, 5.74) is 11.8. The lowest BCUT2D eigenvalue weighted by Gasteiger charge is -2.36. The fraction of sp³-hybridized carbons (Fsp3) is 0.429. The van der Waals surface area contributed by atoms with Gasteiger partial charge in [0.2, 0.25) is 0 Å². The highest BCUT2D eigenvalue weighted by Crippen LogP contribution is 2.35. The number of carbonyl (C=O) groups excluding carboxylic acids is 2. The number of nitrogens with one attached hydrogen (secondary N) is 1. The minimum Gasteiger partial charge on any atom is -0.494 e. The van der Waals surface area contributed by atoms with Gasteiger partial charge in [-0.2, -0.15) is 0 Å². The number of nitrogens with two attached hydrogens (primary N) is 1. The SMILES string of the molecule is COc1cc(C(=O)N2CC[C@@H](OC)[C@@H](N)C2)cc2nc(-c3cc4ccc5nc4n3CCCCCc3nccnc3C(=O)N[C@@H]5C)n(C)c12. The molecule has 13 heteroatoms. The number of rotatable bonds is 4. The molecule has 13 nitrogen and oxygen atoms in total. The van der Waals surface area contributed by atoms with Crippen LogP contribution in [0.4, 0.5) is 0 Å². The predicted molar refractivity (Wildman–Crippen MR) is 181 cm³/mol. The fourth-order valence-electron chi connectivity index (χ4n) is 7.05. The normalized spacial score (nSPS) is 20.5. The van der Waals surface area contributed by atoms with E-state index in [1.54, 1.807) is 37.6 Å². The number of likely N-dealkylation sites (tertiary alicyclic amines) is 1. The monoisotopic (exact) mass is 651 g/mol. The molecule has 6 heterocycles. The van der Waals surface area contributed by atoms with E-state index in [0.717, 1.165) is 59.6 Å². The maximum absolute atomic E-state index is 13.7. The lowest BCUT2D eigenvalue weighted by Crippen LogP contribution is -2.53. The molecule has 2 aliphatic rings. The standard InChI is InChI=1S/C35H41N9O4/c1-20-24-10-9-21-17-27(44(32(21)40-24)14-7-5-6-8-25-30(34(45)39-20)38-13-12-37-25)33-41-26-16-22(18-29(48-4)31(26)42(33)2)35(46)43-15-11-28(47-3)23(36)19-43/h9-10,12-13,16-18,20,23,28H,5-8,11,14-15,19,36H2,1-4H3,(H,39,45)/t20-,23+,28-/m1/s1. The first-order chi connectivity index (χ1) is 23.3. The molecular formula is C35H41N9O4. The zero-order valence-corrected chi connectivity index (χ0v) is 27.8. The van der Waals surface area contributed by atoms with Crippen LogP contribution >= 0.6 is 0 Å². The summed E-state index contributed by atoms with van der Waals surface area (Å²) in [6.07, 6.45) is 7.18. The van der Waals surface area contributed by atoms with Crippen molar-refractivity contribution in [3.05, 3.63) is 65.4 Å². The van der Waals surface area contributed by atoms with Gasteiger partial charge >= 0.3 is 0 Å². The molecule has 1 saturated heterocycles. The van der Waals surface area contributed by atoms with Crippen LogP contribution in [0.2, 0.25) is 0 Å². The second-order valence-corrected chi connectivity index (χ2v) is 12.7. The van der Waals surface area contributed by atoms with Gasteiger partial charge in [0.05, 0.1) is 41.9 Å². The predicted octanol–water partition coefficient (Wildman–Crippen LogP) is 3.79. The highest BCUT2D eigenvalue weighted by molar-refractivity contribution is 6.00. The zero-order valence-electron chi connectivity index (χ0n) is 27.8. The number of ether oxygens (including phenoxy) is 2. The van der Waals surface area contributed by atoms with Crippen molar-refractivity contribution in [2.24, 2.45) is 12.8 Å². The second kappa shape index (κ2) is 13.0. The molecule has 7 rings (SSSR count). The van der Waals surface area contributed by atoms with Gasteiger partial charge in [0.25, 0.3) is 11.8 Å². The Kier molecular flexibility index (Phi) is 8.56. The third kappa shape index (κ3) is 5.66. The maximum atomic E-state index is 13.7. The van der Waals surface area contributed by atoms with Crippen molar-refractivity contribution in [3.8, 4) is 17.3 Å². The van der Waals surface area contributed by atoms with Gasteiger partial charge in [0.15, 0.2) is 5.82 Å². The molecule has 1 aromatic carbocycles. The molecular weight excluding hydrogens is 610 g/mol. The van der Waals surface area contributed by atoms with Gasteiger partial charge in [-0.25, -0.2) is 15.0 Å². The Morgan fingerprint density at radius 1 is 1.04 bits per heavy atom. The number of piperidine rings is 1. The molecule has 0 radical (unpaired) electrons. The van der Waals surface area contributed by atoms with Crippen molar-refractivity contribution in [3.63, 3.8) is 0 Å². The first-order valence-electron chi connectivity index (χ1n) is 16.5. The van der Waals surface area contributed by atoms with Gasteiger partial charge in [-0.05, 0) is 62.9 Å². The number of hydrogen-bond donors (Lipinski definition) is 2. The molecule has 48 heavy (non-hydrogen) atoms. The Balaban J connectivity index is 1.27. The van der Waals surface area contributed by atoms with Gasteiger partial charge in [0.1, 0.15) is 22.6 Å². The van der Waals surface area contributed by atoms with Crippen LogP contribution in [-0.4, -0.2) is 85.2 Å². The highest BCUT2D eigenvalue weighted by atomic mass is 16.5. The second-order valence-electron chi connectivity index (χ2n) is 12.7. The largest absolute Gasteiger partial charge is 0.494 e. The smallest absolute Gasteiger partial charge is 0.272 e. The molecule has 0 aliphatic carbocycles. The Bertz CT molecular complexity index is 2020. The molecule has 3 atom stereocenters. The van der Waals surface area contributed by atoms with Crippen LogP contribution in [-0.2, 0) is 24.8 Å². The Hall–Kier alpha value is -4.88. The van der Waals surface area contributed by atoms with Gasteiger partial charge in [-0.1, -0.05) is 6.42 Å². The van der Waals surface area contributed by atoms with Gasteiger partial charge in [-0.3, -0.25) is 14.6 Å². The van der Waals surface area contributed by atoms with E-state index < -0.39 is 0 Å². The van der Waals surface area contributed by atoms with Crippen LogP contribution in [0.3, 0.4) is 0 Å². The summed E-state index contributed by atoms with van der Waals surface area (Å²) < 4.78 is 15.6. The first kappa shape index (κ1) is 31.7. The number of methoxy groups -OCH3 is 2. The molecule has 3 N–H and O–H groups in total. The van der Waals surface area contributed by atoms with Crippen LogP contribution in [0, 0.1) is 0 Å². The Morgan fingerprint density at radius 2 is 1.88 bits per heavy atom. The third-order valence-electron chi connectivity index (χ3n) is 9.65. The number of aryl methyl sites for hydroxylation is 3. The number of amides is 2. The van der Waals surface area contributed by atoms with E-state index in [1.165, 1.54) is 0 Å². The van der Waals surface area contributed by atoms with Gasteiger partial charge in [0, 0.05) is 63.2 Å². The van der Waals surface area contributed by atoms with E-state index in [-0.39, 0.29) is 30.0 Å². The quantitative estimate of drug-likeness (QED) is 0.295. The van der Waals surface area contributed by atoms with Gasteiger partial charge in [-0.15, -0.1) is 0 Å². The molecule has 4 aromatic heterocycles. The average molecular weight is 652 g/mol. The van der Waals surface area contributed by atoms with Crippen molar-refractivity contribution >= 4 is 33.9 Å². The lowest BCUT2D eigenvalue weighted by molar-refractivity contribution is 0.0227. The zero-order chi connectivity index (χ0) is 33.5. The molecule has 0 saturated carbocycles. The van der Waals surface area contributed by atoms with E-state index >= 15 is 0 Å². The lowest BCUT2D eigenvalue weighted by atomic mass is 10.0. The van der Waals surface area contributed by atoms with E-state index in [9.17, 15) is 9.59 Å². The van der Waals surface area contributed by atoms with Crippen molar-refractivity contribution in [2.45, 2.75) is 63.8 Å². The topological polar surface area (TPSA) is 155 Å². The van der Waals surface area contributed by atoms with Crippen LogP contribution in [0.15, 0.2) is 42.7 Å². The van der Waals surface area contributed by atoms with Crippen molar-refractivity contribution in [1.82, 2.24) is 39.3 Å². The van der Waals surface area contributed by atoms with Crippen molar-refractivity contribution in [2.75, 3.05) is 27.3 Å². The summed E-state index contributed by atoms with van der Waals surface area (Å²) in [6.45, 7) is 3.63.